The van der Waals surface area contributed by atoms with Gasteiger partial charge in [-0.15, -0.1) is 0 Å². The number of hydrogen-bond acceptors (Lipinski definition) is 3. The van der Waals surface area contributed by atoms with Gasteiger partial charge in [0.25, 0.3) is 5.91 Å². The first kappa shape index (κ1) is 15.0. The van der Waals surface area contributed by atoms with Gasteiger partial charge in [0, 0.05) is 23.7 Å². The topological polar surface area (TPSA) is 86.7 Å². The van der Waals surface area contributed by atoms with E-state index in [0.717, 1.165) is 12.8 Å². The Labute approximate surface area is 122 Å². The number of aliphatic carboxylic acids is 1. The van der Waals surface area contributed by atoms with Gasteiger partial charge in [0.05, 0.1) is 0 Å². The van der Waals surface area contributed by atoms with Crippen molar-refractivity contribution in [2.75, 3.05) is 18.4 Å². The number of carbonyl (C=O) groups excluding carboxylic acids is 2. The highest BCUT2D eigenvalue weighted by Gasteiger charge is 2.29. The summed E-state index contributed by atoms with van der Waals surface area (Å²) in [6.07, 6.45) is 1.82. The van der Waals surface area contributed by atoms with Crippen LogP contribution in [-0.4, -0.2) is 40.9 Å². The predicted molar refractivity (Wildman–Crippen MR) is 77.0 cm³/mol. The average molecular weight is 290 g/mol. The largest absolute Gasteiger partial charge is 0.480 e. The highest BCUT2D eigenvalue weighted by atomic mass is 16.4. The Balaban J connectivity index is 2.09. The van der Waals surface area contributed by atoms with Crippen LogP contribution >= 0.6 is 0 Å². The van der Waals surface area contributed by atoms with E-state index in [1.807, 2.05) is 0 Å². The molecule has 1 saturated carbocycles. The molecule has 0 aromatic heterocycles. The lowest BCUT2D eigenvalue weighted by Crippen LogP contribution is -2.35. The molecule has 1 aromatic rings. The SMILES string of the molecule is CCN(CC(=O)O)C(=O)c1cccc(NC(=O)C2CC2)c1. The number of likely N-dealkylation sites (N-methyl/N-ethyl adjacent to an activating group) is 1. The lowest BCUT2D eigenvalue weighted by Gasteiger charge is -2.18. The van der Waals surface area contributed by atoms with Crippen molar-refractivity contribution in [3.8, 4) is 0 Å². The quantitative estimate of drug-likeness (QED) is 0.832. The van der Waals surface area contributed by atoms with E-state index in [1.165, 1.54) is 4.90 Å². The number of anilines is 1. The number of carboxylic acid groups (broad SMARTS) is 1. The molecular weight excluding hydrogens is 272 g/mol. The van der Waals surface area contributed by atoms with Crippen LogP contribution in [0.25, 0.3) is 0 Å². The molecule has 0 heterocycles. The molecule has 21 heavy (non-hydrogen) atoms. The Kier molecular flexibility index (Phi) is 4.57. The van der Waals surface area contributed by atoms with Crippen LogP contribution in [0.2, 0.25) is 0 Å². The number of carbonyl (C=O) groups is 3. The van der Waals surface area contributed by atoms with Gasteiger partial charge in [-0.2, -0.15) is 0 Å². The smallest absolute Gasteiger partial charge is 0.323 e. The van der Waals surface area contributed by atoms with Crippen LogP contribution in [0.15, 0.2) is 24.3 Å². The molecule has 1 aromatic carbocycles. The lowest BCUT2D eigenvalue weighted by atomic mass is 10.1. The number of nitrogens with one attached hydrogen (secondary N) is 1. The Hall–Kier alpha value is -2.37. The summed E-state index contributed by atoms with van der Waals surface area (Å²) >= 11 is 0. The van der Waals surface area contributed by atoms with Crippen molar-refractivity contribution < 1.29 is 19.5 Å². The van der Waals surface area contributed by atoms with E-state index in [9.17, 15) is 14.4 Å². The van der Waals surface area contributed by atoms with Crippen LogP contribution in [0.5, 0.6) is 0 Å². The fraction of sp³-hybridized carbons (Fsp3) is 0.400. The van der Waals surface area contributed by atoms with Crippen LogP contribution in [0.1, 0.15) is 30.1 Å². The van der Waals surface area contributed by atoms with Crippen LogP contribution in [0.3, 0.4) is 0 Å². The molecule has 0 bridgehead atoms. The van der Waals surface area contributed by atoms with Gasteiger partial charge in [0.1, 0.15) is 6.54 Å². The third-order valence-corrected chi connectivity index (χ3v) is 3.32. The fourth-order valence-electron chi connectivity index (χ4n) is 1.99. The summed E-state index contributed by atoms with van der Waals surface area (Å²) in [4.78, 5) is 35.9. The highest BCUT2D eigenvalue weighted by Crippen LogP contribution is 2.30. The molecular formula is C15H18N2O4. The summed E-state index contributed by atoms with van der Waals surface area (Å²) in [7, 11) is 0. The first-order valence-electron chi connectivity index (χ1n) is 6.93. The van der Waals surface area contributed by atoms with Gasteiger partial charge in [-0.25, -0.2) is 0 Å². The Bertz CT molecular complexity index is 567. The van der Waals surface area contributed by atoms with E-state index in [4.69, 9.17) is 5.11 Å². The maximum Gasteiger partial charge on any atom is 0.323 e. The minimum absolute atomic E-state index is 0.0301. The normalized spacial score (nSPS) is 13.6. The monoisotopic (exact) mass is 290 g/mol. The molecule has 0 saturated heterocycles. The van der Waals surface area contributed by atoms with E-state index >= 15 is 0 Å². The number of amides is 2. The molecule has 2 N–H and O–H groups in total. The highest BCUT2D eigenvalue weighted by molar-refractivity contribution is 5.99. The van der Waals surface area contributed by atoms with E-state index in [2.05, 4.69) is 5.32 Å². The molecule has 1 fully saturated rings. The molecule has 6 nitrogen and oxygen atoms in total. The predicted octanol–water partition coefficient (Wildman–Crippen LogP) is 1.58. The van der Waals surface area contributed by atoms with Gasteiger partial charge >= 0.3 is 5.97 Å². The van der Waals surface area contributed by atoms with E-state index in [-0.39, 0.29) is 24.3 Å². The number of rotatable bonds is 6. The Morgan fingerprint density at radius 1 is 1.33 bits per heavy atom. The summed E-state index contributed by atoms with van der Waals surface area (Å²) in [5.74, 6) is -1.35. The van der Waals surface area contributed by atoms with Crippen molar-refractivity contribution in [2.24, 2.45) is 5.92 Å². The molecule has 2 rings (SSSR count). The first-order chi connectivity index (χ1) is 10.0. The summed E-state index contributed by atoms with van der Waals surface area (Å²) in [6, 6.07) is 6.57. The van der Waals surface area contributed by atoms with Crippen LogP contribution in [-0.2, 0) is 9.59 Å². The van der Waals surface area contributed by atoms with Crippen molar-refractivity contribution >= 4 is 23.5 Å². The minimum atomic E-state index is -1.05. The molecule has 0 unspecified atom stereocenters. The van der Waals surface area contributed by atoms with Crippen LogP contribution in [0, 0.1) is 5.92 Å². The van der Waals surface area contributed by atoms with Crippen LogP contribution in [0.4, 0.5) is 5.69 Å². The van der Waals surface area contributed by atoms with Gasteiger partial charge < -0.3 is 15.3 Å². The van der Waals surface area contributed by atoms with Crippen molar-refractivity contribution in [1.82, 2.24) is 4.90 Å². The summed E-state index contributed by atoms with van der Waals surface area (Å²) in [5, 5.41) is 11.6. The standard InChI is InChI=1S/C15H18N2O4/c1-2-17(9-13(18)19)15(21)11-4-3-5-12(8-11)16-14(20)10-6-7-10/h3-5,8,10H,2,6-7,9H2,1H3,(H,16,20)(H,18,19). The average Bonchev–Trinajstić information content (AvgIpc) is 3.28. The fourth-order valence-corrected chi connectivity index (χ4v) is 1.99. The van der Waals surface area contributed by atoms with Gasteiger partial charge in [0.2, 0.25) is 5.91 Å². The Morgan fingerprint density at radius 2 is 2.05 bits per heavy atom. The van der Waals surface area contributed by atoms with E-state index in [1.54, 1.807) is 31.2 Å². The molecule has 1 aliphatic carbocycles. The molecule has 0 aliphatic heterocycles. The second kappa shape index (κ2) is 6.39. The van der Waals surface area contributed by atoms with E-state index < -0.39 is 5.97 Å². The molecule has 2 amide bonds. The number of carboxylic acids is 1. The third-order valence-electron chi connectivity index (χ3n) is 3.32. The number of hydrogen-bond donors (Lipinski definition) is 2. The van der Waals surface area contributed by atoms with Crippen molar-refractivity contribution in [2.45, 2.75) is 19.8 Å². The second-order valence-electron chi connectivity index (χ2n) is 5.06. The zero-order valence-corrected chi connectivity index (χ0v) is 11.8. The second-order valence-corrected chi connectivity index (χ2v) is 5.06. The van der Waals surface area contributed by atoms with Gasteiger partial charge in [-0.05, 0) is 38.0 Å². The molecule has 0 spiro atoms. The van der Waals surface area contributed by atoms with Gasteiger partial charge in [-0.1, -0.05) is 6.07 Å². The van der Waals surface area contributed by atoms with Crippen molar-refractivity contribution in [3.05, 3.63) is 29.8 Å². The maximum absolute atomic E-state index is 12.2. The zero-order valence-electron chi connectivity index (χ0n) is 11.8. The number of benzene rings is 1. The molecule has 1 aliphatic rings. The molecule has 112 valence electrons. The zero-order chi connectivity index (χ0) is 15.4. The Morgan fingerprint density at radius 3 is 2.62 bits per heavy atom. The summed E-state index contributed by atoms with van der Waals surface area (Å²) in [5.41, 5.74) is 0.927. The van der Waals surface area contributed by atoms with Crippen molar-refractivity contribution in [3.63, 3.8) is 0 Å². The molecule has 6 heteroatoms. The van der Waals surface area contributed by atoms with Gasteiger partial charge in [-0.3, -0.25) is 14.4 Å². The third kappa shape index (κ3) is 4.05. The lowest BCUT2D eigenvalue weighted by molar-refractivity contribution is -0.137. The first-order valence-corrected chi connectivity index (χ1v) is 6.93. The summed E-state index contributed by atoms with van der Waals surface area (Å²) in [6.45, 7) is 1.69. The van der Waals surface area contributed by atoms with E-state index in [0.29, 0.717) is 17.8 Å². The molecule has 0 radical (unpaired) electrons. The van der Waals surface area contributed by atoms with Gasteiger partial charge in [0.15, 0.2) is 0 Å². The maximum atomic E-state index is 12.2. The summed E-state index contributed by atoms with van der Waals surface area (Å²) < 4.78 is 0. The van der Waals surface area contributed by atoms with Crippen molar-refractivity contribution in [1.29, 1.82) is 0 Å². The minimum Gasteiger partial charge on any atom is -0.480 e. The molecule has 0 atom stereocenters. The van der Waals surface area contributed by atoms with Crippen LogP contribution < -0.4 is 5.32 Å². The number of nitrogens with zero attached hydrogens (tertiary/aromatic N) is 1.